The minimum absolute atomic E-state index is 0.0573. The van der Waals surface area contributed by atoms with Crippen molar-refractivity contribution in [1.82, 2.24) is 20.0 Å². The summed E-state index contributed by atoms with van der Waals surface area (Å²) in [6.07, 6.45) is 1.13. The van der Waals surface area contributed by atoms with Gasteiger partial charge >= 0.3 is 6.09 Å². The Morgan fingerprint density at radius 1 is 1.26 bits per heavy atom. The Labute approximate surface area is 159 Å². The number of ether oxygens (including phenoxy) is 1. The molecule has 1 aromatic carbocycles. The fraction of sp³-hybridized carbons (Fsp3) is 0.550. The molecule has 7 heteroatoms. The van der Waals surface area contributed by atoms with Gasteiger partial charge in [-0.15, -0.1) is 10.2 Å². The molecule has 27 heavy (non-hydrogen) atoms. The highest BCUT2D eigenvalue weighted by atomic mass is 16.6. The normalized spacial score (nSPS) is 22.0. The molecule has 4 rings (SSSR count). The highest BCUT2D eigenvalue weighted by molar-refractivity contribution is 5.69. The van der Waals surface area contributed by atoms with Crippen LogP contribution in [0.15, 0.2) is 41.1 Å². The second-order valence-corrected chi connectivity index (χ2v) is 8.68. The summed E-state index contributed by atoms with van der Waals surface area (Å²) in [5.41, 5.74) is 0.737. The van der Waals surface area contributed by atoms with Crippen LogP contribution in [0, 0.1) is 5.41 Å². The van der Waals surface area contributed by atoms with Gasteiger partial charge in [-0.1, -0.05) is 30.3 Å². The predicted octanol–water partition coefficient (Wildman–Crippen LogP) is 2.91. The summed E-state index contributed by atoms with van der Waals surface area (Å²) in [5, 5.41) is 8.03. The first-order valence-corrected chi connectivity index (χ1v) is 9.35. The molecule has 3 heterocycles. The van der Waals surface area contributed by atoms with Crippen molar-refractivity contribution in [3.63, 3.8) is 0 Å². The fourth-order valence-electron chi connectivity index (χ4n) is 4.20. The van der Waals surface area contributed by atoms with E-state index in [1.54, 1.807) is 4.90 Å². The van der Waals surface area contributed by atoms with Gasteiger partial charge in [0.05, 0.1) is 5.92 Å². The number of rotatable bonds is 3. The quantitative estimate of drug-likeness (QED) is 0.827. The van der Waals surface area contributed by atoms with Crippen LogP contribution in [0.1, 0.15) is 38.1 Å². The number of likely N-dealkylation sites (tertiary alicyclic amines) is 2. The van der Waals surface area contributed by atoms with Gasteiger partial charge in [-0.05, 0) is 26.3 Å². The van der Waals surface area contributed by atoms with Crippen LogP contribution in [0.3, 0.4) is 0 Å². The van der Waals surface area contributed by atoms with Crippen LogP contribution in [0.4, 0.5) is 4.79 Å². The van der Waals surface area contributed by atoms with Crippen molar-refractivity contribution in [3.8, 4) is 0 Å². The minimum Gasteiger partial charge on any atom is -0.444 e. The zero-order valence-electron chi connectivity index (χ0n) is 16.1. The summed E-state index contributed by atoms with van der Waals surface area (Å²) in [7, 11) is 0. The van der Waals surface area contributed by atoms with E-state index in [0.29, 0.717) is 19.0 Å². The van der Waals surface area contributed by atoms with Crippen LogP contribution >= 0.6 is 0 Å². The molecule has 0 saturated carbocycles. The molecule has 0 radical (unpaired) electrons. The lowest BCUT2D eigenvalue weighted by Crippen LogP contribution is -2.62. The average molecular weight is 370 g/mol. The lowest BCUT2D eigenvalue weighted by molar-refractivity contribution is -0.0381. The maximum atomic E-state index is 12.4. The molecule has 2 aliphatic heterocycles. The largest absolute Gasteiger partial charge is 0.444 e. The van der Waals surface area contributed by atoms with Gasteiger partial charge in [-0.25, -0.2) is 4.79 Å². The first kappa shape index (κ1) is 18.0. The standard InChI is InChI=1S/C20H26N4O3/c1-19(2,3)27-18(25)24-12-20(13-24)11-23(9-15-7-5-4-6-8-15)10-16(20)17-22-21-14-26-17/h4-8,14,16H,9-13H2,1-3H3. The molecule has 1 unspecified atom stereocenters. The number of nitrogens with zero attached hydrogens (tertiary/aromatic N) is 4. The molecule has 2 saturated heterocycles. The SMILES string of the molecule is CC(C)(C)OC(=O)N1CC2(CN(Cc3ccccc3)CC2c2nnco2)C1. The topological polar surface area (TPSA) is 71.7 Å². The second kappa shape index (κ2) is 6.64. The minimum atomic E-state index is -0.485. The summed E-state index contributed by atoms with van der Waals surface area (Å²) in [6.45, 7) is 9.59. The molecule has 0 aliphatic carbocycles. The zero-order chi connectivity index (χ0) is 19.1. The Kier molecular flexibility index (Phi) is 4.42. The van der Waals surface area contributed by atoms with E-state index in [1.165, 1.54) is 12.0 Å². The van der Waals surface area contributed by atoms with Gasteiger partial charge < -0.3 is 14.1 Å². The lowest BCUT2D eigenvalue weighted by atomic mass is 9.71. The molecule has 0 bridgehead atoms. The van der Waals surface area contributed by atoms with E-state index in [9.17, 15) is 4.79 Å². The third-order valence-electron chi connectivity index (χ3n) is 5.31. The Morgan fingerprint density at radius 2 is 2.00 bits per heavy atom. The number of benzene rings is 1. The molecule has 1 aromatic heterocycles. The molecule has 1 amide bonds. The van der Waals surface area contributed by atoms with Crippen molar-refractivity contribution in [2.75, 3.05) is 26.2 Å². The van der Waals surface area contributed by atoms with Crippen LogP contribution in [-0.2, 0) is 11.3 Å². The number of carbonyl (C=O) groups excluding carboxylic acids is 1. The fourth-order valence-corrected chi connectivity index (χ4v) is 4.20. The van der Waals surface area contributed by atoms with Gasteiger partial charge in [0, 0.05) is 38.1 Å². The molecule has 1 atom stereocenters. The maximum Gasteiger partial charge on any atom is 0.410 e. The van der Waals surface area contributed by atoms with Gasteiger partial charge in [-0.2, -0.15) is 0 Å². The van der Waals surface area contributed by atoms with E-state index in [1.807, 2.05) is 26.8 Å². The van der Waals surface area contributed by atoms with Crippen molar-refractivity contribution in [2.45, 2.75) is 38.8 Å². The van der Waals surface area contributed by atoms with E-state index in [4.69, 9.17) is 9.15 Å². The molecule has 2 aromatic rings. The highest BCUT2D eigenvalue weighted by Gasteiger charge is 2.58. The Bertz CT molecular complexity index is 779. The molecular formula is C20H26N4O3. The average Bonchev–Trinajstić information content (AvgIpc) is 3.19. The van der Waals surface area contributed by atoms with E-state index in [2.05, 4.69) is 39.4 Å². The number of carbonyl (C=O) groups is 1. The van der Waals surface area contributed by atoms with E-state index >= 15 is 0 Å². The molecule has 2 aliphatic rings. The molecule has 2 fully saturated rings. The van der Waals surface area contributed by atoms with Crippen LogP contribution in [0.2, 0.25) is 0 Å². The first-order chi connectivity index (χ1) is 12.8. The molecule has 0 N–H and O–H groups in total. The third kappa shape index (κ3) is 3.69. The van der Waals surface area contributed by atoms with Crippen LogP contribution in [-0.4, -0.2) is 57.9 Å². The summed E-state index contributed by atoms with van der Waals surface area (Å²) in [5.74, 6) is 0.789. The molecular weight excluding hydrogens is 344 g/mol. The second-order valence-electron chi connectivity index (χ2n) is 8.68. The number of hydrogen-bond donors (Lipinski definition) is 0. The maximum absolute atomic E-state index is 12.4. The summed E-state index contributed by atoms with van der Waals surface area (Å²) in [6, 6.07) is 10.4. The Balaban J connectivity index is 1.48. The monoisotopic (exact) mass is 370 g/mol. The summed E-state index contributed by atoms with van der Waals surface area (Å²) >= 11 is 0. The van der Waals surface area contributed by atoms with Crippen molar-refractivity contribution in [1.29, 1.82) is 0 Å². The number of aromatic nitrogens is 2. The van der Waals surface area contributed by atoms with Crippen LogP contribution < -0.4 is 0 Å². The first-order valence-electron chi connectivity index (χ1n) is 9.35. The lowest BCUT2D eigenvalue weighted by Gasteiger charge is -2.50. The highest BCUT2D eigenvalue weighted by Crippen LogP contribution is 2.49. The number of amides is 1. The number of hydrogen-bond acceptors (Lipinski definition) is 6. The van der Waals surface area contributed by atoms with Crippen molar-refractivity contribution >= 4 is 6.09 Å². The zero-order valence-corrected chi connectivity index (χ0v) is 16.1. The molecule has 1 spiro atoms. The van der Waals surface area contributed by atoms with Crippen LogP contribution in [0.5, 0.6) is 0 Å². The van der Waals surface area contributed by atoms with Gasteiger partial charge in [-0.3, -0.25) is 4.90 Å². The summed E-state index contributed by atoms with van der Waals surface area (Å²) < 4.78 is 11.1. The van der Waals surface area contributed by atoms with Crippen molar-refractivity contribution in [2.24, 2.45) is 5.41 Å². The van der Waals surface area contributed by atoms with Gasteiger partial charge in [0.1, 0.15) is 5.60 Å². The van der Waals surface area contributed by atoms with Gasteiger partial charge in [0.2, 0.25) is 12.3 Å². The van der Waals surface area contributed by atoms with E-state index < -0.39 is 5.60 Å². The van der Waals surface area contributed by atoms with Gasteiger partial charge in [0.15, 0.2) is 0 Å². The third-order valence-corrected chi connectivity index (χ3v) is 5.31. The molecule has 7 nitrogen and oxygen atoms in total. The molecule has 144 valence electrons. The summed E-state index contributed by atoms with van der Waals surface area (Å²) in [4.78, 5) is 16.6. The van der Waals surface area contributed by atoms with E-state index in [0.717, 1.165) is 19.6 Å². The van der Waals surface area contributed by atoms with Crippen molar-refractivity contribution in [3.05, 3.63) is 48.2 Å². The smallest absolute Gasteiger partial charge is 0.410 e. The van der Waals surface area contributed by atoms with Crippen LogP contribution in [0.25, 0.3) is 0 Å². The van der Waals surface area contributed by atoms with Crippen molar-refractivity contribution < 1.29 is 13.9 Å². The van der Waals surface area contributed by atoms with E-state index in [-0.39, 0.29) is 17.4 Å². The Morgan fingerprint density at radius 3 is 2.63 bits per heavy atom. The van der Waals surface area contributed by atoms with Gasteiger partial charge in [0.25, 0.3) is 0 Å². The predicted molar refractivity (Wildman–Crippen MR) is 99.0 cm³/mol. The Hall–Kier alpha value is -2.41.